The molecule has 2 aromatic carbocycles. The predicted molar refractivity (Wildman–Crippen MR) is 138 cm³/mol. The van der Waals surface area contributed by atoms with E-state index in [1.807, 2.05) is 17.9 Å². The first kappa shape index (κ1) is 26.6. The Balaban J connectivity index is 1.21. The summed E-state index contributed by atoms with van der Waals surface area (Å²) >= 11 is 0. The molecule has 1 aliphatic rings. The maximum Gasteiger partial charge on any atom is 0.416 e. The number of amides is 1. The number of anilines is 1. The third-order valence-corrected chi connectivity index (χ3v) is 7.25. The van der Waals surface area contributed by atoms with Gasteiger partial charge in [-0.3, -0.25) is 9.20 Å². The molecule has 10 heteroatoms. The normalized spacial score (nSPS) is 14.7. The Morgan fingerprint density at radius 1 is 1.03 bits per heavy atom. The fraction of sp³-hybridized carbons (Fsp3) is 0.310. The predicted octanol–water partition coefficient (Wildman–Crippen LogP) is 6.51. The number of fused-ring (bicyclic) bond motifs is 1. The van der Waals surface area contributed by atoms with Crippen molar-refractivity contribution in [3.63, 3.8) is 0 Å². The molecule has 1 fully saturated rings. The monoisotopic (exact) mass is 542 g/mol. The van der Waals surface area contributed by atoms with Crippen LogP contribution in [0.1, 0.15) is 58.6 Å². The number of hydrogen-bond acceptors (Lipinski definition) is 3. The van der Waals surface area contributed by atoms with Crippen molar-refractivity contribution < 1.29 is 26.7 Å². The van der Waals surface area contributed by atoms with Gasteiger partial charge < -0.3 is 10.2 Å². The highest BCUT2D eigenvalue weighted by atomic mass is 19.4. The topological polar surface area (TPSA) is 49.6 Å². The van der Waals surface area contributed by atoms with Crippen LogP contribution in [0.25, 0.3) is 5.65 Å². The number of rotatable bonds is 6. The van der Waals surface area contributed by atoms with Gasteiger partial charge in [0.05, 0.1) is 11.3 Å². The van der Waals surface area contributed by atoms with E-state index in [4.69, 9.17) is 0 Å². The molecule has 0 unspecified atom stereocenters. The molecule has 204 valence electrons. The van der Waals surface area contributed by atoms with Crippen LogP contribution >= 0.6 is 0 Å². The van der Waals surface area contributed by atoms with Crippen molar-refractivity contribution >= 4 is 17.2 Å². The highest BCUT2D eigenvalue weighted by Crippen LogP contribution is 2.34. The number of carbonyl (C=O) groups is 1. The van der Waals surface area contributed by atoms with E-state index < -0.39 is 29.3 Å². The number of imidazole rings is 1. The molecular weight excluding hydrogens is 515 g/mol. The summed E-state index contributed by atoms with van der Waals surface area (Å²) in [6.07, 6.45) is -0.953. The zero-order valence-corrected chi connectivity index (χ0v) is 21.2. The van der Waals surface area contributed by atoms with Gasteiger partial charge in [-0.2, -0.15) is 13.2 Å². The molecule has 1 amide bonds. The van der Waals surface area contributed by atoms with Gasteiger partial charge in [-0.1, -0.05) is 19.1 Å². The molecular formula is C29H27F5N4O. The van der Waals surface area contributed by atoms with E-state index in [2.05, 4.69) is 10.3 Å². The SMILES string of the molecule is CCc1nc2cc(F)ccn2c1C(=O)NCc1ccc(C2CCN(c3ccc(C(F)(F)F)cc3)CC2)cc1F. The van der Waals surface area contributed by atoms with Crippen molar-refractivity contribution in [3.05, 3.63) is 101 Å². The lowest BCUT2D eigenvalue weighted by Crippen LogP contribution is -2.33. The van der Waals surface area contributed by atoms with Crippen LogP contribution in [-0.4, -0.2) is 28.4 Å². The van der Waals surface area contributed by atoms with Crippen LogP contribution < -0.4 is 10.2 Å². The zero-order chi connectivity index (χ0) is 27.7. The zero-order valence-electron chi connectivity index (χ0n) is 21.2. The molecule has 1 N–H and O–H groups in total. The van der Waals surface area contributed by atoms with Gasteiger partial charge in [0.2, 0.25) is 0 Å². The van der Waals surface area contributed by atoms with Crippen LogP contribution in [0.4, 0.5) is 27.6 Å². The lowest BCUT2D eigenvalue weighted by Gasteiger charge is -2.34. The molecule has 1 saturated heterocycles. The summed E-state index contributed by atoms with van der Waals surface area (Å²) in [4.78, 5) is 19.3. The van der Waals surface area contributed by atoms with E-state index in [9.17, 15) is 22.4 Å². The minimum absolute atomic E-state index is 0.0190. The molecule has 0 aliphatic carbocycles. The van der Waals surface area contributed by atoms with Crippen LogP contribution in [0.3, 0.4) is 0 Å². The number of piperidine rings is 1. The summed E-state index contributed by atoms with van der Waals surface area (Å²) in [5.74, 6) is -1.17. The lowest BCUT2D eigenvalue weighted by atomic mass is 9.88. The Bertz CT molecular complexity index is 1490. The number of hydrogen-bond donors (Lipinski definition) is 1. The van der Waals surface area contributed by atoms with E-state index in [0.717, 1.165) is 36.2 Å². The van der Waals surface area contributed by atoms with Crippen molar-refractivity contribution in [2.75, 3.05) is 18.0 Å². The Morgan fingerprint density at radius 3 is 2.38 bits per heavy atom. The standard InChI is InChI=1S/C29H27F5N4O/c1-2-25-27(38-14-11-22(30)16-26(38)36-25)28(39)35-17-20-4-3-19(15-24(20)31)18-9-12-37(13-10-18)23-7-5-21(6-8-23)29(32,33)34/h3-8,11,14-16,18H,2,9-10,12-13,17H2,1H3,(H,35,39). The first-order valence-electron chi connectivity index (χ1n) is 12.8. The van der Waals surface area contributed by atoms with Crippen molar-refractivity contribution in [1.82, 2.24) is 14.7 Å². The molecule has 5 rings (SSSR count). The second-order valence-electron chi connectivity index (χ2n) is 9.67. The summed E-state index contributed by atoms with van der Waals surface area (Å²) < 4.78 is 68.6. The Morgan fingerprint density at radius 2 is 1.74 bits per heavy atom. The van der Waals surface area contributed by atoms with Crippen molar-refractivity contribution in [2.24, 2.45) is 0 Å². The quantitative estimate of drug-likeness (QED) is 0.283. The summed E-state index contributed by atoms with van der Waals surface area (Å²) in [6, 6.07) is 12.7. The van der Waals surface area contributed by atoms with Crippen LogP contribution in [-0.2, 0) is 19.1 Å². The molecule has 0 spiro atoms. The third-order valence-electron chi connectivity index (χ3n) is 7.25. The smallest absolute Gasteiger partial charge is 0.371 e. The first-order valence-corrected chi connectivity index (χ1v) is 12.8. The second-order valence-corrected chi connectivity index (χ2v) is 9.67. The fourth-order valence-corrected chi connectivity index (χ4v) is 5.11. The fourth-order valence-electron chi connectivity index (χ4n) is 5.11. The number of carbonyl (C=O) groups excluding carboxylic acids is 1. The minimum Gasteiger partial charge on any atom is -0.371 e. The van der Waals surface area contributed by atoms with Crippen LogP contribution in [0.2, 0.25) is 0 Å². The molecule has 0 atom stereocenters. The largest absolute Gasteiger partial charge is 0.416 e. The van der Waals surface area contributed by atoms with Gasteiger partial charge >= 0.3 is 6.18 Å². The van der Waals surface area contributed by atoms with E-state index >= 15 is 4.39 Å². The molecule has 2 aromatic heterocycles. The van der Waals surface area contributed by atoms with Crippen LogP contribution in [0.15, 0.2) is 60.8 Å². The number of aromatic nitrogens is 2. The van der Waals surface area contributed by atoms with Crippen molar-refractivity contribution in [1.29, 1.82) is 0 Å². The van der Waals surface area contributed by atoms with Gasteiger partial charge in [0.15, 0.2) is 0 Å². The third kappa shape index (κ3) is 5.60. The maximum atomic E-state index is 15.0. The number of nitrogens with one attached hydrogen (secondary N) is 1. The number of aryl methyl sites for hydroxylation is 1. The molecule has 4 aromatic rings. The number of halogens is 5. The number of nitrogens with zero attached hydrogens (tertiary/aromatic N) is 3. The van der Waals surface area contributed by atoms with Crippen LogP contribution in [0, 0.1) is 11.6 Å². The molecule has 0 radical (unpaired) electrons. The summed E-state index contributed by atoms with van der Waals surface area (Å²) in [5, 5.41) is 2.75. The summed E-state index contributed by atoms with van der Waals surface area (Å²) in [6.45, 7) is 3.13. The molecule has 5 nitrogen and oxygen atoms in total. The van der Waals surface area contributed by atoms with E-state index in [-0.39, 0.29) is 12.5 Å². The average molecular weight is 543 g/mol. The van der Waals surface area contributed by atoms with Gasteiger partial charge in [-0.25, -0.2) is 13.8 Å². The Hall–Kier alpha value is -3.95. The summed E-state index contributed by atoms with van der Waals surface area (Å²) in [5.41, 5.74) is 2.41. The van der Waals surface area contributed by atoms with Gasteiger partial charge in [-0.05, 0) is 67.1 Å². The number of alkyl halides is 3. The van der Waals surface area contributed by atoms with E-state index in [1.165, 1.54) is 40.9 Å². The van der Waals surface area contributed by atoms with Crippen molar-refractivity contribution in [3.8, 4) is 0 Å². The molecule has 0 bridgehead atoms. The van der Waals surface area contributed by atoms with E-state index in [0.29, 0.717) is 42.1 Å². The minimum atomic E-state index is -4.36. The lowest BCUT2D eigenvalue weighted by molar-refractivity contribution is -0.137. The first-order chi connectivity index (χ1) is 18.6. The Labute approximate surface area is 222 Å². The number of pyridine rings is 1. The molecule has 1 aliphatic heterocycles. The Kier molecular flexibility index (Phi) is 7.29. The van der Waals surface area contributed by atoms with Gasteiger partial charge in [0.1, 0.15) is 23.0 Å². The highest BCUT2D eigenvalue weighted by molar-refractivity contribution is 5.94. The van der Waals surface area contributed by atoms with Crippen molar-refractivity contribution in [2.45, 2.75) is 44.8 Å². The van der Waals surface area contributed by atoms with Gasteiger partial charge in [0, 0.05) is 43.1 Å². The van der Waals surface area contributed by atoms with E-state index in [1.54, 1.807) is 6.07 Å². The molecule has 0 saturated carbocycles. The maximum absolute atomic E-state index is 15.0. The average Bonchev–Trinajstić information content (AvgIpc) is 3.29. The second kappa shape index (κ2) is 10.7. The highest BCUT2D eigenvalue weighted by Gasteiger charge is 2.30. The van der Waals surface area contributed by atoms with Gasteiger partial charge in [0.25, 0.3) is 5.91 Å². The molecule has 3 heterocycles. The summed E-state index contributed by atoms with van der Waals surface area (Å²) in [7, 11) is 0. The number of benzene rings is 2. The van der Waals surface area contributed by atoms with Gasteiger partial charge in [-0.15, -0.1) is 0 Å². The van der Waals surface area contributed by atoms with Crippen LogP contribution in [0.5, 0.6) is 0 Å². The molecule has 39 heavy (non-hydrogen) atoms.